The molecule has 1 aromatic heterocycles. The fourth-order valence-electron chi connectivity index (χ4n) is 4.55. The summed E-state index contributed by atoms with van der Waals surface area (Å²) in [5, 5.41) is 8.38. The quantitative estimate of drug-likeness (QED) is 0.569. The summed E-state index contributed by atoms with van der Waals surface area (Å²) in [6.07, 6.45) is 4.48. The molecule has 1 aliphatic carbocycles. The average molecular weight is 450 g/mol. The highest BCUT2D eigenvalue weighted by molar-refractivity contribution is 5.90. The van der Waals surface area contributed by atoms with E-state index in [-0.39, 0.29) is 7.43 Å². The van der Waals surface area contributed by atoms with Crippen molar-refractivity contribution in [3.05, 3.63) is 48.0 Å². The van der Waals surface area contributed by atoms with E-state index < -0.39 is 0 Å². The van der Waals surface area contributed by atoms with Gasteiger partial charge < -0.3 is 25.0 Å². The molecule has 1 fully saturated rings. The molecule has 0 bridgehead atoms. The van der Waals surface area contributed by atoms with Crippen LogP contribution >= 0.6 is 0 Å². The third-order valence-corrected chi connectivity index (χ3v) is 6.27. The molecule has 3 aromatic rings. The second-order valence-electron chi connectivity index (χ2n) is 8.83. The van der Waals surface area contributed by atoms with E-state index in [0.29, 0.717) is 25.3 Å². The number of hydrogen-bond donors (Lipinski definition) is 2. The molecule has 7 nitrogen and oxygen atoms in total. The first kappa shape index (κ1) is 23.1. The zero-order valence-electron chi connectivity index (χ0n) is 18.8. The topological polar surface area (TPSA) is 71.5 Å². The molecular formula is C26H35N5O2. The average Bonchev–Trinajstić information content (AvgIpc) is 2.83. The fourth-order valence-corrected chi connectivity index (χ4v) is 4.55. The van der Waals surface area contributed by atoms with Crippen molar-refractivity contribution in [2.75, 3.05) is 37.5 Å². The minimum absolute atomic E-state index is 0. The lowest BCUT2D eigenvalue weighted by atomic mass is 9.91. The Kier molecular flexibility index (Phi) is 7.18. The lowest BCUT2D eigenvalue weighted by Crippen LogP contribution is -2.37. The summed E-state index contributed by atoms with van der Waals surface area (Å²) in [5.74, 6) is 3.38. The maximum absolute atomic E-state index is 5.70. The molecule has 0 spiro atoms. The molecule has 2 N–H and O–H groups in total. The van der Waals surface area contributed by atoms with Gasteiger partial charge in [0.15, 0.2) is 11.5 Å². The van der Waals surface area contributed by atoms with Crippen molar-refractivity contribution in [1.29, 1.82) is 0 Å². The Morgan fingerprint density at radius 3 is 2.42 bits per heavy atom. The summed E-state index contributed by atoms with van der Waals surface area (Å²) < 4.78 is 11.3. The molecule has 176 valence electrons. The number of ether oxygens (including phenoxy) is 2. The van der Waals surface area contributed by atoms with Crippen molar-refractivity contribution >= 4 is 22.7 Å². The largest absolute Gasteiger partial charge is 0.486 e. The molecule has 0 amide bonds. The molecule has 2 heterocycles. The number of rotatable bonds is 6. The van der Waals surface area contributed by atoms with Gasteiger partial charge >= 0.3 is 0 Å². The van der Waals surface area contributed by atoms with Crippen LogP contribution in [0.25, 0.3) is 10.9 Å². The Morgan fingerprint density at radius 2 is 1.64 bits per heavy atom. The van der Waals surface area contributed by atoms with E-state index in [2.05, 4.69) is 28.8 Å². The molecule has 5 rings (SSSR count). The predicted octanol–water partition coefficient (Wildman–Crippen LogP) is 4.62. The maximum Gasteiger partial charge on any atom is 0.225 e. The van der Waals surface area contributed by atoms with E-state index in [4.69, 9.17) is 19.4 Å². The van der Waals surface area contributed by atoms with Crippen molar-refractivity contribution in [3.63, 3.8) is 0 Å². The zero-order chi connectivity index (χ0) is 21.9. The Labute approximate surface area is 196 Å². The molecule has 7 heteroatoms. The summed E-state index contributed by atoms with van der Waals surface area (Å²) in [4.78, 5) is 11.6. The van der Waals surface area contributed by atoms with Gasteiger partial charge in [-0.3, -0.25) is 0 Å². The highest BCUT2D eigenvalue weighted by atomic mass is 16.6. The molecule has 0 unspecified atom stereocenters. The monoisotopic (exact) mass is 449 g/mol. The number of anilines is 2. The van der Waals surface area contributed by atoms with Crippen LogP contribution in [0.5, 0.6) is 11.5 Å². The molecule has 1 aliphatic heterocycles. The summed E-state index contributed by atoms with van der Waals surface area (Å²) in [5.41, 5.74) is 2.21. The van der Waals surface area contributed by atoms with E-state index in [1.807, 2.05) is 43.3 Å². The smallest absolute Gasteiger partial charge is 0.225 e. The summed E-state index contributed by atoms with van der Waals surface area (Å²) in [6, 6.07) is 15.3. The van der Waals surface area contributed by atoms with Crippen molar-refractivity contribution in [2.24, 2.45) is 0 Å². The van der Waals surface area contributed by atoms with Gasteiger partial charge in [0.2, 0.25) is 5.95 Å². The number of fused-ring (bicyclic) bond motifs is 2. The van der Waals surface area contributed by atoms with Gasteiger partial charge in [-0.2, -0.15) is 4.98 Å². The second-order valence-corrected chi connectivity index (χ2v) is 8.83. The van der Waals surface area contributed by atoms with Gasteiger partial charge in [0.25, 0.3) is 0 Å². The summed E-state index contributed by atoms with van der Waals surface area (Å²) in [6.45, 7) is 2.10. The van der Waals surface area contributed by atoms with Crippen LogP contribution in [0, 0.1) is 0 Å². The van der Waals surface area contributed by atoms with Crippen molar-refractivity contribution in [3.8, 4) is 11.5 Å². The van der Waals surface area contributed by atoms with Crippen molar-refractivity contribution in [1.82, 2.24) is 15.3 Å². The fraction of sp³-hybridized carbons (Fsp3) is 0.462. The lowest BCUT2D eigenvalue weighted by Gasteiger charge is -2.30. The minimum Gasteiger partial charge on any atom is -0.486 e. The summed E-state index contributed by atoms with van der Waals surface area (Å²) >= 11 is 0. The third-order valence-electron chi connectivity index (χ3n) is 6.27. The molecular weight excluding hydrogens is 414 g/mol. The lowest BCUT2D eigenvalue weighted by molar-refractivity contribution is 0.171. The number of benzene rings is 2. The number of aromatic nitrogens is 2. The maximum atomic E-state index is 5.70. The first-order valence-corrected chi connectivity index (χ1v) is 11.5. The molecule has 1 saturated carbocycles. The Hall–Kier alpha value is -3.06. The highest BCUT2D eigenvalue weighted by Crippen LogP contribution is 2.31. The van der Waals surface area contributed by atoms with Gasteiger partial charge in [0.1, 0.15) is 19.0 Å². The third kappa shape index (κ3) is 5.30. The first-order chi connectivity index (χ1) is 15.7. The van der Waals surface area contributed by atoms with Crippen LogP contribution in [-0.2, 0) is 6.54 Å². The van der Waals surface area contributed by atoms with E-state index in [0.717, 1.165) is 66.4 Å². The van der Waals surface area contributed by atoms with Crippen LogP contribution in [0.1, 0.15) is 38.7 Å². The van der Waals surface area contributed by atoms with Crippen LogP contribution in [0.3, 0.4) is 0 Å². The van der Waals surface area contributed by atoms with Gasteiger partial charge in [0, 0.05) is 38.1 Å². The van der Waals surface area contributed by atoms with E-state index in [1.165, 1.54) is 5.56 Å². The Balaban J connectivity index is 0.00000259. The van der Waals surface area contributed by atoms with Crippen LogP contribution in [-0.4, -0.2) is 49.4 Å². The highest BCUT2D eigenvalue weighted by Gasteiger charge is 2.22. The number of hydrogen-bond acceptors (Lipinski definition) is 7. The van der Waals surface area contributed by atoms with Crippen LogP contribution < -0.4 is 25.0 Å². The number of para-hydroxylation sites is 1. The molecule has 0 saturated heterocycles. The van der Waals surface area contributed by atoms with Crippen LogP contribution in [0.4, 0.5) is 11.8 Å². The van der Waals surface area contributed by atoms with E-state index in [9.17, 15) is 0 Å². The number of nitrogens with one attached hydrogen (secondary N) is 2. The second kappa shape index (κ2) is 10.3. The van der Waals surface area contributed by atoms with Gasteiger partial charge in [-0.1, -0.05) is 25.6 Å². The molecule has 33 heavy (non-hydrogen) atoms. The minimum atomic E-state index is 0. The van der Waals surface area contributed by atoms with Gasteiger partial charge in [-0.25, -0.2) is 4.98 Å². The number of nitrogens with zero attached hydrogens (tertiary/aromatic N) is 3. The van der Waals surface area contributed by atoms with Gasteiger partial charge in [0.05, 0.1) is 5.52 Å². The van der Waals surface area contributed by atoms with Crippen molar-refractivity contribution < 1.29 is 9.47 Å². The normalized spacial score (nSPS) is 19.6. The first-order valence-electron chi connectivity index (χ1n) is 11.5. The summed E-state index contributed by atoms with van der Waals surface area (Å²) in [7, 11) is 4.05. The van der Waals surface area contributed by atoms with Crippen molar-refractivity contribution in [2.45, 2.75) is 51.7 Å². The van der Waals surface area contributed by atoms with Crippen LogP contribution in [0.15, 0.2) is 42.5 Å². The standard InChI is InChI=1S/C25H31N5O2.CH4/c1-30(2)24-20-5-3-4-6-21(20)28-25(29-24)27-19-10-8-18(9-11-19)26-16-17-7-12-22-23(15-17)32-14-13-31-22;/h3-7,12,15,18-19,26H,8-11,13-14,16H2,1-2H3,(H,27,28,29);1H4. The molecule has 0 atom stereocenters. The van der Waals surface area contributed by atoms with Crippen LogP contribution in [0.2, 0.25) is 0 Å². The van der Waals surface area contributed by atoms with E-state index >= 15 is 0 Å². The van der Waals surface area contributed by atoms with Gasteiger partial charge in [-0.15, -0.1) is 0 Å². The molecule has 0 radical (unpaired) electrons. The van der Waals surface area contributed by atoms with Gasteiger partial charge in [-0.05, 0) is 55.5 Å². The molecule has 2 aromatic carbocycles. The predicted molar refractivity (Wildman–Crippen MR) is 135 cm³/mol. The Morgan fingerprint density at radius 1 is 0.909 bits per heavy atom. The SMILES string of the molecule is C.CN(C)c1nc(NC2CCC(NCc3ccc4c(c3)OCCO4)CC2)nc2ccccc12. The molecule has 2 aliphatic rings. The zero-order valence-corrected chi connectivity index (χ0v) is 18.8. The Bertz CT molecular complexity index is 1080. The van der Waals surface area contributed by atoms with E-state index in [1.54, 1.807) is 0 Å².